The van der Waals surface area contributed by atoms with Crippen LogP contribution in [0.4, 0.5) is 4.39 Å². The summed E-state index contributed by atoms with van der Waals surface area (Å²) in [6.45, 7) is 2.60. The van der Waals surface area contributed by atoms with Crippen LogP contribution in [0.2, 0.25) is 0 Å². The van der Waals surface area contributed by atoms with Crippen molar-refractivity contribution in [2.75, 3.05) is 6.54 Å². The third kappa shape index (κ3) is 3.58. The SMILES string of the molecule is Cc1nccn1-c1cncc(C2CCCN2C(=O)Cc2ccc(F)cc2)n1. The van der Waals surface area contributed by atoms with E-state index in [1.54, 1.807) is 30.7 Å². The van der Waals surface area contributed by atoms with E-state index < -0.39 is 0 Å². The summed E-state index contributed by atoms with van der Waals surface area (Å²) >= 11 is 0. The van der Waals surface area contributed by atoms with E-state index in [-0.39, 0.29) is 24.2 Å². The molecule has 3 heterocycles. The van der Waals surface area contributed by atoms with Gasteiger partial charge in [-0.3, -0.25) is 14.3 Å². The Balaban J connectivity index is 1.55. The summed E-state index contributed by atoms with van der Waals surface area (Å²) in [6.07, 6.45) is 9.02. The molecule has 0 bridgehead atoms. The molecule has 0 spiro atoms. The minimum atomic E-state index is -0.299. The zero-order valence-corrected chi connectivity index (χ0v) is 15.0. The zero-order chi connectivity index (χ0) is 18.8. The van der Waals surface area contributed by atoms with Gasteiger partial charge in [0, 0.05) is 18.9 Å². The molecule has 2 aromatic heterocycles. The number of rotatable bonds is 4. The predicted molar refractivity (Wildman–Crippen MR) is 97.7 cm³/mol. The van der Waals surface area contributed by atoms with Crippen LogP contribution in [0.25, 0.3) is 5.82 Å². The lowest BCUT2D eigenvalue weighted by atomic mass is 10.1. The molecule has 7 heteroatoms. The van der Waals surface area contributed by atoms with Crippen molar-refractivity contribution >= 4 is 5.91 Å². The van der Waals surface area contributed by atoms with Crippen molar-refractivity contribution in [2.45, 2.75) is 32.2 Å². The number of aryl methyl sites for hydroxylation is 1. The lowest BCUT2D eigenvalue weighted by Crippen LogP contribution is -2.32. The van der Waals surface area contributed by atoms with Crippen molar-refractivity contribution in [3.63, 3.8) is 0 Å². The second-order valence-corrected chi connectivity index (χ2v) is 6.69. The number of benzene rings is 1. The quantitative estimate of drug-likeness (QED) is 0.713. The minimum Gasteiger partial charge on any atom is -0.334 e. The van der Waals surface area contributed by atoms with Crippen LogP contribution in [-0.4, -0.2) is 36.9 Å². The van der Waals surface area contributed by atoms with Crippen molar-refractivity contribution < 1.29 is 9.18 Å². The molecule has 1 amide bonds. The van der Waals surface area contributed by atoms with Gasteiger partial charge in [0.15, 0.2) is 5.82 Å². The number of nitrogens with zero attached hydrogens (tertiary/aromatic N) is 5. The number of imidazole rings is 1. The molecule has 0 aliphatic carbocycles. The van der Waals surface area contributed by atoms with E-state index in [0.29, 0.717) is 12.4 Å². The number of halogens is 1. The Bertz CT molecular complexity index is 953. The Labute approximate surface area is 156 Å². The second-order valence-electron chi connectivity index (χ2n) is 6.69. The number of carbonyl (C=O) groups excluding carboxylic acids is 1. The lowest BCUT2D eigenvalue weighted by molar-refractivity contribution is -0.131. The van der Waals surface area contributed by atoms with E-state index in [1.807, 2.05) is 22.6 Å². The third-order valence-electron chi connectivity index (χ3n) is 4.90. The van der Waals surface area contributed by atoms with Crippen molar-refractivity contribution in [1.29, 1.82) is 0 Å². The molecule has 6 nitrogen and oxygen atoms in total. The van der Waals surface area contributed by atoms with Gasteiger partial charge in [0.1, 0.15) is 11.6 Å². The molecule has 1 aromatic carbocycles. The summed E-state index contributed by atoms with van der Waals surface area (Å²) in [4.78, 5) is 27.9. The molecule has 0 N–H and O–H groups in total. The van der Waals surface area contributed by atoms with E-state index in [4.69, 9.17) is 4.98 Å². The van der Waals surface area contributed by atoms with Crippen molar-refractivity contribution in [3.8, 4) is 5.82 Å². The van der Waals surface area contributed by atoms with Crippen molar-refractivity contribution in [3.05, 3.63) is 72.0 Å². The molecule has 0 radical (unpaired) electrons. The fourth-order valence-corrected chi connectivity index (χ4v) is 3.52. The Morgan fingerprint density at radius 1 is 1.26 bits per heavy atom. The van der Waals surface area contributed by atoms with Gasteiger partial charge in [0.05, 0.1) is 30.6 Å². The molecule has 1 aliphatic heterocycles. The maximum absolute atomic E-state index is 13.1. The average Bonchev–Trinajstić information content (AvgIpc) is 3.33. The van der Waals surface area contributed by atoms with Crippen molar-refractivity contribution in [2.24, 2.45) is 0 Å². The van der Waals surface area contributed by atoms with Gasteiger partial charge in [-0.15, -0.1) is 0 Å². The highest BCUT2D eigenvalue weighted by Gasteiger charge is 2.31. The summed E-state index contributed by atoms with van der Waals surface area (Å²) in [5, 5.41) is 0. The van der Waals surface area contributed by atoms with E-state index in [0.717, 1.165) is 29.9 Å². The van der Waals surface area contributed by atoms with Crippen LogP contribution >= 0.6 is 0 Å². The van der Waals surface area contributed by atoms with Gasteiger partial charge >= 0.3 is 0 Å². The maximum atomic E-state index is 13.1. The Morgan fingerprint density at radius 3 is 2.81 bits per heavy atom. The van der Waals surface area contributed by atoms with Gasteiger partial charge in [0.25, 0.3) is 0 Å². The molecule has 138 valence electrons. The third-order valence-corrected chi connectivity index (χ3v) is 4.90. The van der Waals surface area contributed by atoms with Crippen LogP contribution in [-0.2, 0) is 11.2 Å². The fourth-order valence-electron chi connectivity index (χ4n) is 3.52. The first-order chi connectivity index (χ1) is 13.1. The van der Waals surface area contributed by atoms with Crippen LogP contribution in [0.1, 0.15) is 36.0 Å². The smallest absolute Gasteiger partial charge is 0.227 e. The largest absolute Gasteiger partial charge is 0.334 e. The summed E-state index contributed by atoms with van der Waals surface area (Å²) in [5.74, 6) is 1.25. The number of likely N-dealkylation sites (tertiary alicyclic amines) is 1. The number of hydrogen-bond acceptors (Lipinski definition) is 4. The van der Waals surface area contributed by atoms with E-state index in [9.17, 15) is 9.18 Å². The molecular formula is C20H20FN5O. The Hall–Kier alpha value is -3.09. The topological polar surface area (TPSA) is 63.9 Å². The maximum Gasteiger partial charge on any atom is 0.227 e. The molecule has 1 aliphatic rings. The molecule has 3 aromatic rings. The molecule has 1 saturated heterocycles. The summed E-state index contributed by atoms with van der Waals surface area (Å²) in [5.41, 5.74) is 1.59. The lowest BCUT2D eigenvalue weighted by Gasteiger charge is -2.24. The highest BCUT2D eigenvalue weighted by atomic mass is 19.1. The first kappa shape index (κ1) is 17.3. The van der Waals surface area contributed by atoms with E-state index in [1.165, 1.54) is 12.1 Å². The first-order valence-corrected chi connectivity index (χ1v) is 8.98. The van der Waals surface area contributed by atoms with Crippen LogP contribution in [0, 0.1) is 12.7 Å². The number of hydrogen-bond donors (Lipinski definition) is 0. The monoisotopic (exact) mass is 365 g/mol. The van der Waals surface area contributed by atoms with Crippen LogP contribution in [0.5, 0.6) is 0 Å². The van der Waals surface area contributed by atoms with Gasteiger partial charge in [0.2, 0.25) is 5.91 Å². The molecule has 1 unspecified atom stereocenters. The molecule has 0 saturated carbocycles. The van der Waals surface area contributed by atoms with Crippen LogP contribution < -0.4 is 0 Å². The average molecular weight is 365 g/mol. The molecule has 4 rings (SSSR count). The number of carbonyl (C=O) groups is 1. The highest BCUT2D eigenvalue weighted by molar-refractivity contribution is 5.79. The predicted octanol–water partition coefficient (Wildman–Crippen LogP) is 3.02. The summed E-state index contributed by atoms with van der Waals surface area (Å²) < 4.78 is 14.9. The Morgan fingerprint density at radius 2 is 2.07 bits per heavy atom. The highest BCUT2D eigenvalue weighted by Crippen LogP contribution is 2.31. The van der Waals surface area contributed by atoms with Gasteiger partial charge in [-0.05, 0) is 37.5 Å². The van der Waals surface area contributed by atoms with Crippen molar-refractivity contribution in [1.82, 2.24) is 24.4 Å². The molecule has 27 heavy (non-hydrogen) atoms. The molecular weight excluding hydrogens is 345 g/mol. The van der Waals surface area contributed by atoms with Gasteiger partial charge in [-0.2, -0.15) is 0 Å². The van der Waals surface area contributed by atoms with Crippen LogP contribution in [0.15, 0.2) is 49.1 Å². The summed E-state index contributed by atoms with van der Waals surface area (Å²) in [7, 11) is 0. The van der Waals surface area contributed by atoms with E-state index in [2.05, 4.69) is 9.97 Å². The van der Waals surface area contributed by atoms with Crippen LogP contribution in [0.3, 0.4) is 0 Å². The Kier molecular flexibility index (Phi) is 4.66. The number of amides is 1. The summed E-state index contributed by atoms with van der Waals surface area (Å²) in [6, 6.07) is 5.98. The van der Waals surface area contributed by atoms with Gasteiger partial charge < -0.3 is 4.90 Å². The second kappa shape index (κ2) is 7.26. The standard InChI is InChI=1S/C20H20FN5O/c1-14-23-8-10-25(14)19-13-22-12-17(24-19)18-3-2-9-26(18)20(27)11-15-4-6-16(21)7-5-15/h4-8,10,12-13,18H,2-3,9,11H2,1H3. The first-order valence-electron chi connectivity index (χ1n) is 8.98. The normalized spacial score (nSPS) is 16.7. The molecule has 1 fully saturated rings. The van der Waals surface area contributed by atoms with Gasteiger partial charge in [-0.25, -0.2) is 14.4 Å². The molecule has 1 atom stereocenters. The zero-order valence-electron chi connectivity index (χ0n) is 15.0. The fraction of sp³-hybridized carbons (Fsp3) is 0.300. The van der Waals surface area contributed by atoms with Gasteiger partial charge in [-0.1, -0.05) is 12.1 Å². The minimum absolute atomic E-state index is 0.0233. The van der Waals surface area contributed by atoms with E-state index >= 15 is 0 Å². The number of aromatic nitrogens is 4.